The molecule has 7 heteroatoms. The first-order chi connectivity index (χ1) is 12.6. The van der Waals surface area contributed by atoms with Crippen molar-refractivity contribution in [3.05, 3.63) is 0 Å². The Morgan fingerprint density at radius 2 is 1.81 bits per heavy atom. The number of amides is 4. The predicted octanol–water partition coefficient (Wildman–Crippen LogP) is 1.19. The van der Waals surface area contributed by atoms with Crippen LogP contribution in [0.2, 0.25) is 0 Å². The van der Waals surface area contributed by atoms with Gasteiger partial charge < -0.3 is 20.4 Å². The molecule has 3 aliphatic rings. The molecule has 0 spiro atoms. The van der Waals surface area contributed by atoms with Gasteiger partial charge in [-0.25, -0.2) is 4.79 Å². The van der Waals surface area contributed by atoms with Crippen molar-refractivity contribution in [1.82, 2.24) is 20.4 Å². The quantitative estimate of drug-likeness (QED) is 0.712. The first kappa shape index (κ1) is 19.0. The Labute approximate surface area is 155 Å². The molecule has 26 heavy (non-hydrogen) atoms. The zero-order chi connectivity index (χ0) is 18.5. The number of likely N-dealkylation sites (tertiary alicyclic amines) is 2. The van der Waals surface area contributed by atoms with Gasteiger partial charge in [-0.1, -0.05) is 6.92 Å². The number of hydrogen-bond donors (Lipinski definition) is 2. The molecule has 1 aliphatic carbocycles. The van der Waals surface area contributed by atoms with Crippen molar-refractivity contribution in [2.75, 3.05) is 39.3 Å². The lowest BCUT2D eigenvalue weighted by atomic mass is 9.96. The average molecular weight is 364 g/mol. The number of hydrogen-bond acceptors (Lipinski definition) is 3. The lowest BCUT2D eigenvalue weighted by Gasteiger charge is -2.34. The van der Waals surface area contributed by atoms with Crippen LogP contribution in [-0.2, 0) is 9.59 Å². The molecule has 1 atom stereocenters. The van der Waals surface area contributed by atoms with Crippen LogP contribution in [0.3, 0.4) is 0 Å². The maximum atomic E-state index is 12.3. The Kier molecular flexibility index (Phi) is 6.38. The minimum Gasteiger partial charge on any atom is -0.356 e. The fourth-order valence-corrected chi connectivity index (χ4v) is 3.81. The van der Waals surface area contributed by atoms with Crippen molar-refractivity contribution in [3.8, 4) is 0 Å². The van der Waals surface area contributed by atoms with Crippen LogP contribution in [0.15, 0.2) is 0 Å². The van der Waals surface area contributed by atoms with Crippen molar-refractivity contribution in [2.45, 2.75) is 45.4 Å². The lowest BCUT2D eigenvalue weighted by molar-refractivity contribution is -0.129. The van der Waals surface area contributed by atoms with E-state index in [1.54, 1.807) is 0 Å². The van der Waals surface area contributed by atoms with Gasteiger partial charge in [-0.05, 0) is 43.9 Å². The van der Waals surface area contributed by atoms with Crippen LogP contribution < -0.4 is 10.6 Å². The Balaban J connectivity index is 1.38. The normalized spacial score (nSPS) is 24.0. The number of carbonyl (C=O) groups excluding carboxylic acids is 3. The number of nitrogens with one attached hydrogen (secondary N) is 2. The van der Waals surface area contributed by atoms with Gasteiger partial charge in [-0.2, -0.15) is 0 Å². The monoisotopic (exact) mass is 364 g/mol. The Morgan fingerprint density at radius 3 is 2.46 bits per heavy atom. The zero-order valence-corrected chi connectivity index (χ0v) is 15.8. The van der Waals surface area contributed by atoms with Gasteiger partial charge in [-0.15, -0.1) is 0 Å². The summed E-state index contributed by atoms with van der Waals surface area (Å²) in [4.78, 5) is 40.2. The molecule has 0 aromatic rings. The summed E-state index contributed by atoms with van der Waals surface area (Å²) in [6.07, 6.45) is 5.55. The van der Waals surface area contributed by atoms with Gasteiger partial charge in [0.05, 0.1) is 5.92 Å². The van der Waals surface area contributed by atoms with Crippen LogP contribution in [-0.4, -0.2) is 66.9 Å². The molecule has 0 radical (unpaired) electrons. The van der Waals surface area contributed by atoms with Crippen molar-refractivity contribution in [1.29, 1.82) is 0 Å². The van der Waals surface area contributed by atoms with Gasteiger partial charge in [0.25, 0.3) is 0 Å². The summed E-state index contributed by atoms with van der Waals surface area (Å²) in [7, 11) is 0. The summed E-state index contributed by atoms with van der Waals surface area (Å²) in [6.45, 7) is 6.27. The highest BCUT2D eigenvalue weighted by Gasteiger charge is 2.36. The van der Waals surface area contributed by atoms with E-state index in [9.17, 15) is 14.4 Å². The third-order valence-corrected chi connectivity index (χ3v) is 5.75. The Hall–Kier alpha value is -1.79. The van der Waals surface area contributed by atoms with E-state index in [0.29, 0.717) is 31.3 Å². The first-order valence-electron chi connectivity index (χ1n) is 10.1. The molecule has 1 unspecified atom stereocenters. The summed E-state index contributed by atoms with van der Waals surface area (Å²) in [6, 6.07) is 0.0231. The molecule has 2 heterocycles. The Morgan fingerprint density at radius 1 is 1.08 bits per heavy atom. The number of urea groups is 1. The van der Waals surface area contributed by atoms with Crippen LogP contribution in [0, 0.1) is 17.8 Å². The fraction of sp³-hybridized carbons (Fsp3) is 0.842. The second-order valence-corrected chi connectivity index (χ2v) is 8.05. The molecule has 2 N–H and O–H groups in total. The van der Waals surface area contributed by atoms with Crippen molar-refractivity contribution >= 4 is 17.8 Å². The first-order valence-corrected chi connectivity index (χ1v) is 10.1. The second kappa shape index (κ2) is 8.73. The van der Waals surface area contributed by atoms with E-state index in [1.165, 1.54) is 12.8 Å². The van der Waals surface area contributed by atoms with E-state index in [-0.39, 0.29) is 23.8 Å². The van der Waals surface area contributed by atoms with Gasteiger partial charge >= 0.3 is 6.03 Å². The largest absolute Gasteiger partial charge is 0.356 e. The van der Waals surface area contributed by atoms with E-state index >= 15 is 0 Å². The van der Waals surface area contributed by atoms with Crippen molar-refractivity contribution < 1.29 is 14.4 Å². The molecule has 146 valence electrons. The lowest BCUT2D eigenvalue weighted by Crippen LogP contribution is -2.46. The maximum Gasteiger partial charge on any atom is 0.317 e. The number of rotatable bonds is 7. The minimum atomic E-state index is -0.193. The van der Waals surface area contributed by atoms with Gasteiger partial charge in [-0.3, -0.25) is 9.59 Å². The van der Waals surface area contributed by atoms with Gasteiger partial charge in [0, 0.05) is 45.7 Å². The summed E-state index contributed by atoms with van der Waals surface area (Å²) >= 11 is 0. The molecular weight excluding hydrogens is 332 g/mol. The molecular formula is C19H32N4O3. The highest BCUT2D eigenvalue weighted by Crippen LogP contribution is 2.28. The minimum absolute atomic E-state index is 0.0231. The van der Waals surface area contributed by atoms with E-state index in [4.69, 9.17) is 0 Å². The van der Waals surface area contributed by atoms with E-state index < -0.39 is 0 Å². The number of carbonyl (C=O) groups is 3. The Bertz CT molecular complexity index is 527. The molecule has 0 aromatic carbocycles. The summed E-state index contributed by atoms with van der Waals surface area (Å²) in [5.41, 5.74) is 0. The zero-order valence-electron chi connectivity index (χ0n) is 15.8. The molecule has 3 rings (SSSR count). The molecule has 0 aromatic heterocycles. The summed E-state index contributed by atoms with van der Waals surface area (Å²) < 4.78 is 0. The smallest absolute Gasteiger partial charge is 0.317 e. The molecule has 3 fully saturated rings. The number of piperidine rings is 1. The average Bonchev–Trinajstić information content (AvgIpc) is 3.41. The molecule has 0 bridgehead atoms. The van der Waals surface area contributed by atoms with E-state index in [2.05, 4.69) is 10.6 Å². The third kappa shape index (κ3) is 5.11. The van der Waals surface area contributed by atoms with Crippen LogP contribution in [0.1, 0.15) is 45.4 Å². The fourth-order valence-electron chi connectivity index (χ4n) is 3.81. The maximum absolute atomic E-state index is 12.3. The van der Waals surface area contributed by atoms with Crippen molar-refractivity contribution in [3.63, 3.8) is 0 Å². The van der Waals surface area contributed by atoms with Gasteiger partial charge in [0.15, 0.2) is 0 Å². The van der Waals surface area contributed by atoms with Crippen molar-refractivity contribution in [2.24, 2.45) is 17.8 Å². The van der Waals surface area contributed by atoms with E-state index in [1.807, 2.05) is 16.7 Å². The van der Waals surface area contributed by atoms with E-state index in [0.717, 1.165) is 45.4 Å². The molecule has 7 nitrogen and oxygen atoms in total. The van der Waals surface area contributed by atoms with Crippen LogP contribution >= 0.6 is 0 Å². The van der Waals surface area contributed by atoms with Crippen LogP contribution in [0.25, 0.3) is 0 Å². The van der Waals surface area contributed by atoms with Gasteiger partial charge in [0.1, 0.15) is 0 Å². The highest BCUT2D eigenvalue weighted by atomic mass is 16.2. The van der Waals surface area contributed by atoms with Gasteiger partial charge in [0.2, 0.25) is 11.8 Å². The summed E-state index contributed by atoms with van der Waals surface area (Å²) in [5, 5.41) is 5.91. The molecule has 2 saturated heterocycles. The highest BCUT2D eigenvalue weighted by molar-refractivity contribution is 5.89. The summed E-state index contributed by atoms with van der Waals surface area (Å²) in [5.74, 6) is 1.02. The molecule has 2 aliphatic heterocycles. The van der Waals surface area contributed by atoms with Crippen LogP contribution in [0.4, 0.5) is 4.79 Å². The number of nitrogens with zero attached hydrogens (tertiary/aromatic N) is 2. The third-order valence-electron chi connectivity index (χ3n) is 5.75. The standard InChI is InChI=1S/C19H32N4O3/c1-2-7-20-19(26)22-8-5-15(6-9-22)12-23-13-16(10-17(23)24)18(25)21-11-14-3-4-14/h14-16H,2-13H2,1H3,(H,20,26)(H,21,25). The predicted molar refractivity (Wildman–Crippen MR) is 98.4 cm³/mol. The molecule has 1 saturated carbocycles. The van der Waals surface area contributed by atoms with Crippen LogP contribution in [0.5, 0.6) is 0 Å². The topological polar surface area (TPSA) is 81.8 Å². The molecule has 4 amide bonds. The second-order valence-electron chi connectivity index (χ2n) is 8.05. The SMILES string of the molecule is CCCNC(=O)N1CCC(CN2CC(C(=O)NCC3CC3)CC2=O)CC1.